The first-order chi connectivity index (χ1) is 18.0. The van der Waals surface area contributed by atoms with Crippen molar-refractivity contribution in [3.05, 3.63) is 76.1 Å². The summed E-state index contributed by atoms with van der Waals surface area (Å²) in [6, 6.07) is 13.7. The van der Waals surface area contributed by atoms with Crippen molar-refractivity contribution < 1.29 is 14.3 Å². The number of fused-ring (bicyclic) bond motifs is 1. The minimum absolute atomic E-state index is 0.174. The van der Waals surface area contributed by atoms with E-state index in [0.29, 0.717) is 28.8 Å². The Labute approximate surface area is 222 Å². The fourth-order valence-electron chi connectivity index (χ4n) is 5.55. The van der Waals surface area contributed by atoms with Crippen molar-refractivity contribution in [1.29, 1.82) is 0 Å². The van der Waals surface area contributed by atoms with Gasteiger partial charge in [0.25, 0.3) is 5.91 Å². The van der Waals surface area contributed by atoms with Crippen LogP contribution >= 0.6 is 11.6 Å². The van der Waals surface area contributed by atoms with E-state index in [2.05, 4.69) is 34.3 Å². The van der Waals surface area contributed by atoms with Crippen LogP contribution in [0.4, 0.5) is 5.95 Å². The molecule has 192 valence electrons. The van der Waals surface area contributed by atoms with Gasteiger partial charge in [0.1, 0.15) is 0 Å². The van der Waals surface area contributed by atoms with Crippen molar-refractivity contribution in [2.75, 3.05) is 24.8 Å². The maximum absolute atomic E-state index is 13.6. The number of rotatable bonds is 6. The summed E-state index contributed by atoms with van der Waals surface area (Å²) in [5, 5.41) is 3.78. The maximum Gasteiger partial charge on any atom is 0.255 e. The van der Waals surface area contributed by atoms with Crippen LogP contribution in [-0.4, -0.2) is 35.8 Å². The Morgan fingerprint density at radius 2 is 1.86 bits per heavy atom. The molecule has 0 radical (unpaired) electrons. The summed E-state index contributed by atoms with van der Waals surface area (Å²) < 4.78 is 10.9. The second-order valence-electron chi connectivity index (χ2n) is 10.4. The molecule has 1 aromatic heterocycles. The third-order valence-corrected chi connectivity index (χ3v) is 8.29. The molecule has 0 unspecified atom stereocenters. The molecule has 7 nitrogen and oxygen atoms in total. The number of hydrogen-bond acceptors (Lipinski definition) is 6. The van der Waals surface area contributed by atoms with Crippen LogP contribution in [0, 0.1) is 5.92 Å². The molecule has 0 bridgehead atoms. The second kappa shape index (κ2) is 9.86. The van der Waals surface area contributed by atoms with Crippen LogP contribution in [0.3, 0.4) is 0 Å². The van der Waals surface area contributed by atoms with Gasteiger partial charge >= 0.3 is 0 Å². The van der Waals surface area contributed by atoms with E-state index in [1.165, 1.54) is 0 Å². The van der Waals surface area contributed by atoms with Gasteiger partial charge in [-0.2, -0.15) is 0 Å². The lowest BCUT2D eigenvalue weighted by Crippen LogP contribution is -2.41. The molecule has 2 aromatic carbocycles. The van der Waals surface area contributed by atoms with Crippen molar-refractivity contribution in [2.24, 2.45) is 5.92 Å². The van der Waals surface area contributed by atoms with E-state index in [9.17, 15) is 4.79 Å². The number of aromatic nitrogens is 2. The Kier molecular flexibility index (Phi) is 6.41. The number of amides is 1. The first-order valence-corrected chi connectivity index (χ1v) is 13.4. The van der Waals surface area contributed by atoms with Gasteiger partial charge in [-0.25, -0.2) is 9.97 Å². The number of carbonyl (C=O) groups is 1. The molecule has 3 aromatic rings. The molecule has 8 heteroatoms. The van der Waals surface area contributed by atoms with Gasteiger partial charge in [-0.15, -0.1) is 0 Å². The van der Waals surface area contributed by atoms with Gasteiger partial charge in [0.15, 0.2) is 11.5 Å². The molecular formula is C29H31ClN4O3. The number of hydrogen-bond donors (Lipinski definition) is 1. The van der Waals surface area contributed by atoms with E-state index >= 15 is 0 Å². The van der Waals surface area contributed by atoms with Crippen LogP contribution in [0.2, 0.25) is 5.02 Å². The highest BCUT2D eigenvalue weighted by molar-refractivity contribution is 6.30. The Balaban J connectivity index is 1.33. The molecule has 3 heterocycles. The molecule has 6 rings (SSSR count). The van der Waals surface area contributed by atoms with Crippen LogP contribution in [0.1, 0.15) is 66.2 Å². The van der Waals surface area contributed by atoms with Gasteiger partial charge in [0, 0.05) is 36.3 Å². The van der Waals surface area contributed by atoms with Crippen molar-refractivity contribution in [2.45, 2.75) is 51.0 Å². The number of nitrogens with one attached hydrogen (secondary N) is 1. The summed E-state index contributed by atoms with van der Waals surface area (Å²) in [6.07, 6.45) is 6.93. The molecule has 2 fully saturated rings. The lowest BCUT2D eigenvalue weighted by atomic mass is 9.61. The van der Waals surface area contributed by atoms with Crippen molar-refractivity contribution in [1.82, 2.24) is 15.3 Å². The third-order valence-electron chi connectivity index (χ3n) is 8.03. The average molecular weight is 519 g/mol. The molecule has 1 aliphatic carbocycles. The minimum atomic E-state index is -0.323. The van der Waals surface area contributed by atoms with Crippen molar-refractivity contribution >= 4 is 23.5 Å². The average Bonchev–Trinajstić information content (AvgIpc) is 3.36. The molecule has 0 spiro atoms. The van der Waals surface area contributed by atoms with Crippen LogP contribution in [-0.2, 0) is 12.0 Å². The topological polar surface area (TPSA) is 76.6 Å². The van der Waals surface area contributed by atoms with E-state index in [1.54, 1.807) is 6.20 Å². The maximum atomic E-state index is 13.6. The number of carbonyl (C=O) groups excluding carboxylic acids is 1. The van der Waals surface area contributed by atoms with E-state index < -0.39 is 0 Å². The van der Waals surface area contributed by atoms with E-state index in [0.717, 1.165) is 73.7 Å². The van der Waals surface area contributed by atoms with E-state index in [4.69, 9.17) is 26.1 Å². The number of piperidine rings is 1. The number of benzene rings is 2. The molecule has 0 atom stereocenters. The first kappa shape index (κ1) is 24.0. The SMILES string of the molecule is CC1CCN(c2ncc(C(=O)NCc3ccc4c(c3)OCO4)c(C3(c4ccc(Cl)cc4)CCC3)n2)CC1. The van der Waals surface area contributed by atoms with Gasteiger partial charge in [0.2, 0.25) is 12.7 Å². The van der Waals surface area contributed by atoms with Crippen LogP contribution < -0.4 is 19.7 Å². The van der Waals surface area contributed by atoms with E-state index in [-0.39, 0.29) is 18.1 Å². The summed E-state index contributed by atoms with van der Waals surface area (Å²) in [4.78, 5) is 25.7. The van der Waals surface area contributed by atoms with Crippen LogP contribution in [0.25, 0.3) is 0 Å². The standard InChI is InChI=1S/C29H31ClN4O3/c1-19-9-13-34(14-10-19)28-32-17-23(27(35)31-16-20-3-8-24-25(15-20)37-18-36-24)26(33-28)29(11-2-12-29)21-4-6-22(30)7-5-21/h3-8,15,17,19H,2,9-14,16,18H2,1H3,(H,31,35). The Morgan fingerprint density at radius 1 is 1.11 bits per heavy atom. The summed E-state index contributed by atoms with van der Waals surface area (Å²) in [5.41, 5.74) is 3.11. The lowest BCUT2D eigenvalue weighted by molar-refractivity contribution is 0.0945. The molecular weight excluding hydrogens is 488 g/mol. The fraction of sp³-hybridized carbons (Fsp3) is 0.414. The first-order valence-electron chi connectivity index (χ1n) is 13.1. The zero-order chi connectivity index (χ0) is 25.4. The molecule has 1 saturated heterocycles. The molecule has 3 aliphatic rings. The smallest absolute Gasteiger partial charge is 0.255 e. The Morgan fingerprint density at radius 3 is 2.59 bits per heavy atom. The van der Waals surface area contributed by atoms with Crippen molar-refractivity contribution in [3.8, 4) is 11.5 Å². The van der Waals surface area contributed by atoms with Gasteiger partial charge in [-0.3, -0.25) is 4.79 Å². The highest BCUT2D eigenvalue weighted by Gasteiger charge is 2.44. The van der Waals surface area contributed by atoms with Gasteiger partial charge < -0.3 is 19.7 Å². The molecule has 2 aliphatic heterocycles. The number of nitrogens with zero attached hydrogens (tertiary/aromatic N) is 3. The van der Waals surface area contributed by atoms with Crippen LogP contribution in [0.5, 0.6) is 11.5 Å². The third kappa shape index (κ3) is 4.61. The van der Waals surface area contributed by atoms with Crippen molar-refractivity contribution in [3.63, 3.8) is 0 Å². The zero-order valence-electron chi connectivity index (χ0n) is 21.0. The molecule has 1 amide bonds. The predicted octanol–water partition coefficient (Wildman–Crippen LogP) is 5.50. The highest BCUT2D eigenvalue weighted by atomic mass is 35.5. The largest absolute Gasteiger partial charge is 0.454 e. The highest BCUT2D eigenvalue weighted by Crippen LogP contribution is 2.49. The van der Waals surface area contributed by atoms with Gasteiger partial charge in [-0.05, 0) is 67.0 Å². The minimum Gasteiger partial charge on any atom is -0.454 e. The summed E-state index contributed by atoms with van der Waals surface area (Å²) >= 11 is 6.21. The monoisotopic (exact) mass is 518 g/mol. The quantitative estimate of drug-likeness (QED) is 0.464. The Bertz CT molecular complexity index is 1300. The van der Waals surface area contributed by atoms with Gasteiger partial charge in [-0.1, -0.05) is 43.1 Å². The number of halogens is 1. The molecule has 1 N–H and O–H groups in total. The van der Waals surface area contributed by atoms with E-state index in [1.807, 2.05) is 30.3 Å². The number of ether oxygens (including phenoxy) is 2. The number of anilines is 1. The lowest BCUT2D eigenvalue weighted by Gasteiger charge is -2.43. The summed E-state index contributed by atoms with van der Waals surface area (Å²) in [6.45, 7) is 4.76. The molecule has 1 saturated carbocycles. The second-order valence-corrected chi connectivity index (χ2v) is 10.9. The Hall–Kier alpha value is -3.32. The summed E-state index contributed by atoms with van der Waals surface area (Å²) in [7, 11) is 0. The molecule has 37 heavy (non-hydrogen) atoms. The predicted molar refractivity (Wildman–Crippen MR) is 142 cm³/mol. The zero-order valence-corrected chi connectivity index (χ0v) is 21.8. The summed E-state index contributed by atoms with van der Waals surface area (Å²) in [5.74, 6) is 2.68. The van der Waals surface area contributed by atoms with Gasteiger partial charge in [0.05, 0.1) is 11.3 Å². The van der Waals surface area contributed by atoms with Crippen LogP contribution in [0.15, 0.2) is 48.7 Å². The fourth-order valence-corrected chi connectivity index (χ4v) is 5.68. The normalized spacial score (nSPS) is 18.4.